The molecule has 0 aliphatic rings. The molecule has 0 amide bonds. The summed E-state index contributed by atoms with van der Waals surface area (Å²) in [6, 6.07) is 11.6. The maximum Gasteiger partial charge on any atom is 0.335 e. The molecule has 0 radical (unpaired) electrons. The lowest BCUT2D eigenvalue weighted by atomic mass is 10.1. The van der Waals surface area contributed by atoms with Crippen LogP contribution in [0.5, 0.6) is 11.5 Å². The maximum absolute atomic E-state index is 10.9. The van der Waals surface area contributed by atoms with Crippen molar-refractivity contribution in [3.63, 3.8) is 0 Å². The van der Waals surface area contributed by atoms with Gasteiger partial charge in [-0.1, -0.05) is 0 Å². The van der Waals surface area contributed by atoms with Gasteiger partial charge in [-0.2, -0.15) is 0 Å². The molecule has 0 atom stereocenters. The van der Waals surface area contributed by atoms with Gasteiger partial charge in [-0.05, 0) is 49.4 Å². The Morgan fingerprint density at radius 2 is 1.92 bits per heavy atom. The molecule has 0 aliphatic heterocycles. The summed E-state index contributed by atoms with van der Waals surface area (Å²) in [6.07, 6.45) is 0. The second kappa shape index (κ2) is 6.82. The molecule has 7 heteroatoms. The Balaban J connectivity index is 1.86. The van der Waals surface area contributed by atoms with E-state index < -0.39 is 5.97 Å². The van der Waals surface area contributed by atoms with E-state index in [-0.39, 0.29) is 11.3 Å². The number of nitrogens with one attached hydrogen (secondary N) is 1. The number of phenolic OH excluding ortho intramolecular Hbond substituents is 1. The Bertz CT molecular complexity index is 919. The zero-order valence-electron chi connectivity index (χ0n) is 13.6. The van der Waals surface area contributed by atoms with Gasteiger partial charge < -0.3 is 20.3 Å². The summed E-state index contributed by atoms with van der Waals surface area (Å²) in [7, 11) is 1.50. The standard InChI is InChI=1S/C18H16N2O4S/c1-10-16(12-5-8-14(21)15(9-12)24-2)20-18(25-10)19-13-6-3-11(4-7-13)17(22)23/h3-9,21H,1-2H3,(H,19,20)(H,22,23). The number of aromatic carboxylic acids is 1. The third-order valence-corrected chi connectivity index (χ3v) is 4.52. The molecule has 0 aliphatic carbocycles. The molecule has 1 heterocycles. The fourth-order valence-corrected chi connectivity index (χ4v) is 3.22. The van der Waals surface area contributed by atoms with Gasteiger partial charge in [-0.3, -0.25) is 0 Å². The van der Waals surface area contributed by atoms with Crippen LogP contribution in [-0.2, 0) is 0 Å². The predicted molar refractivity (Wildman–Crippen MR) is 97.2 cm³/mol. The number of carboxylic acid groups (broad SMARTS) is 1. The van der Waals surface area contributed by atoms with E-state index in [0.29, 0.717) is 10.9 Å². The van der Waals surface area contributed by atoms with E-state index in [0.717, 1.165) is 21.8 Å². The third-order valence-electron chi connectivity index (χ3n) is 3.63. The lowest BCUT2D eigenvalue weighted by Crippen LogP contribution is -1.96. The molecule has 1 aromatic heterocycles. The number of aromatic nitrogens is 1. The molecule has 0 saturated carbocycles. The summed E-state index contributed by atoms with van der Waals surface area (Å²) in [5, 5.41) is 22.5. The number of rotatable bonds is 5. The normalized spacial score (nSPS) is 10.5. The van der Waals surface area contributed by atoms with Crippen molar-refractivity contribution in [2.45, 2.75) is 6.92 Å². The number of carboxylic acids is 1. The van der Waals surface area contributed by atoms with Crippen molar-refractivity contribution in [2.75, 3.05) is 12.4 Å². The number of hydrogen-bond acceptors (Lipinski definition) is 6. The van der Waals surface area contributed by atoms with Crippen LogP contribution in [0.4, 0.5) is 10.8 Å². The molecule has 3 aromatic rings. The van der Waals surface area contributed by atoms with Gasteiger partial charge in [0.1, 0.15) is 0 Å². The van der Waals surface area contributed by atoms with E-state index in [1.165, 1.54) is 30.6 Å². The lowest BCUT2D eigenvalue weighted by Gasteiger charge is -2.05. The number of methoxy groups -OCH3 is 1. The highest BCUT2D eigenvalue weighted by Gasteiger charge is 2.13. The van der Waals surface area contributed by atoms with Crippen LogP contribution >= 0.6 is 11.3 Å². The highest BCUT2D eigenvalue weighted by molar-refractivity contribution is 7.16. The van der Waals surface area contributed by atoms with Crippen LogP contribution in [0.1, 0.15) is 15.2 Å². The number of nitrogens with zero attached hydrogens (tertiary/aromatic N) is 1. The van der Waals surface area contributed by atoms with Gasteiger partial charge in [0.05, 0.1) is 18.4 Å². The first-order valence-corrected chi connectivity index (χ1v) is 8.25. The highest BCUT2D eigenvalue weighted by Crippen LogP contribution is 2.36. The smallest absolute Gasteiger partial charge is 0.335 e. The van der Waals surface area contributed by atoms with Gasteiger partial charge in [0.25, 0.3) is 0 Å². The molecule has 0 fully saturated rings. The summed E-state index contributed by atoms with van der Waals surface area (Å²) >= 11 is 1.49. The largest absolute Gasteiger partial charge is 0.504 e. The molecular formula is C18H16N2O4S. The van der Waals surface area contributed by atoms with E-state index in [9.17, 15) is 9.90 Å². The Labute approximate surface area is 148 Å². The minimum absolute atomic E-state index is 0.0796. The Morgan fingerprint density at radius 3 is 2.56 bits per heavy atom. The van der Waals surface area contributed by atoms with Crippen molar-refractivity contribution in [3.8, 4) is 22.8 Å². The summed E-state index contributed by atoms with van der Waals surface area (Å²) in [4.78, 5) is 16.5. The molecule has 128 valence electrons. The minimum atomic E-state index is -0.958. The maximum atomic E-state index is 10.9. The van der Waals surface area contributed by atoms with Crippen molar-refractivity contribution in [1.82, 2.24) is 4.98 Å². The summed E-state index contributed by atoms with van der Waals surface area (Å²) in [5.41, 5.74) is 2.64. The molecule has 3 N–H and O–H groups in total. The second-order valence-electron chi connectivity index (χ2n) is 5.32. The Kier molecular flexibility index (Phi) is 4.58. The zero-order chi connectivity index (χ0) is 18.0. The number of anilines is 2. The quantitative estimate of drug-likeness (QED) is 0.632. The van der Waals surface area contributed by atoms with Crippen LogP contribution in [-0.4, -0.2) is 28.3 Å². The summed E-state index contributed by atoms with van der Waals surface area (Å²) in [5.74, 6) is -0.486. The van der Waals surface area contributed by atoms with E-state index >= 15 is 0 Å². The van der Waals surface area contributed by atoms with Crippen LogP contribution in [0.15, 0.2) is 42.5 Å². The lowest BCUT2D eigenvalue weighted by molar-refractivity contribution is 0.0697. The van der Waals surface area contributed by atoms with Gasteiger partial charge in [-0.25, -0.2) is 9.78 Å². The molecule has 0 bridgehead atoms. The van der Waals surface area contributed by atoms with Crippen molar-refractivity contribution < 1.29 is 19.7 Å². The van der Waals surface area contributed by atoms with Crippen molar-refractivity contribution >= 4 is 28.1 Å². The van der Waals surface area contributed by atoms with Crippen LogP contribution in [0, 0.1) is 6.92 Å². The molecule has 25 heavy (non-hydrogen) atoms. The Morgan fingerprint density at radius 1 is 1.20 bits per heavy atom. The number of hydrogen-bond donors (Lipinski definition) is 3. The number of thiazole rings is 1. The average molecular weight is 356 g/mol. The number of aryl methyl sites for hydroxylation is 1. The van der Waals surface area contributed by atoms with Crippen LogP contribution in [0.3, 0.4) is 0 Å². The Hall–Kier alpha value is -3.06. The molecular weight excluding hydrogens is 340 g/mol. The molecule has 0 unspecified atom stereocenters. The summed E-state index contributed by atoms with van der Waals surface area (Å²) in [6.45, 7) is 1.96. The zero-order valence-corrected chi connectivity index (χ0v) is 14.4. The van der Waals surface area contributed by atoms with Gasteiger partial charge in [-0.15, -0.1) is 11.3 Å². The fourth-order valence-electron chi connectivity index (χ4n) is 2.36. The van der Waals surface area contributed by atoms with Gasteiger partial charge in [0.15, 0.2) is 16.6 Å². The second-order valence-corrected chi connectivity index (χ2v) is 6.52. The number of ether oxygens (including phenoxy) is 1. The number of carbonyl (C=O) groups is 1. The van der Waals surface area contributed by atoms with E-state index in [2.05, 4.69) is 10.3 Å². The van der Waals surface area contributed by atoms with E-state index in [1.807, 2.05) is 6.92 Å². The fraction of sp³-hybridized carbons (Fsp3) is 0.111. The third kappa shape index (κ3) is 3.56. The SMILES string of the molecule is COc1cc(-c2nc(Nc3ccc(C(=O)O)cc3)sc2C)ccc1O. The van der Waals surface area contributed by atoms with E-state index in [4.69, 9.17) is 9.84 Å². The monoisotopic (exact) mass is 356 g/mol. The van der Waals surface area contributed by atoms with Gasteiger partial charge in [0.2, 0.25) is 0 Å². The van der Waals surface area contributed by atoms with Gasteiger partial charge in [0, 0.05) is 16.1 Å². The van der Waals surface area contributed by atoms with Crippen molar-refractivity contribution in [2.24, 2.45) is 0 Å². The summed E-state index contributed by atoms with van der Waals surface area (Å²) < 4.78 is 5.14. The van der Waals surface area contributed by atoms with Crippen molar-refractivity contribution in [3.05, 3.63) is 52.9 Å². The van der Waals surface area contributed by atoms with Crippen LogP contribution in [0.25, 0.3) is 11.3 Å². The van der Waals surface area contributed by atoms with Crippen molar-refractivity contribution in [1.29, 1.82) is 0 Å². The minimum Gasteiger partial charge on any atom is -0.504 e. The molecule has 3 rings (SSSR count). The number of benzene rings is 2. The molecule has 2 aromatic carbocycles. The molecule has 0 saturated heterocycles. The van der Waals surface area contributed by atoms with E-state index in [1.54, 1.807) is 30.3 Å². The van der Waals surface area contributed by atoms with Gasteiger partial charge >= 0.3 is 5.97 Å². The molecule has 6 nitrogen and oxygen atoms in total. The number of aromatic hydroxyl groups is 1. The first-order valence-electron chi connectivity index (χ1n) is 7.43. The van der Waals surface area contributed by atoms with Crippen LogP contribution in [0.2, 0.25) is 0 Å². The average Bonchev–Trinajstić information content (AvgIpc) is 2.96. The van der Waals surface area contributed by atoms with Crippen LogP contribution < -0.4 is 10.1 Å². The highest BCUT2D eigenvalue weighted by atomic mass is 32.1. The molecule has 0 spiro atoms. The first kappa shape index (κ1) is 16.8. The predicted octanol–water partition coefficient (Wildman–Crippen LogP) is 4.27. The number of phenols is 1. The topological polar surface area (TPSA) is 91.7 Å². The first-order chi connectivity index (χ1) is 12.0.